The van der Waals surface area contributed by atoms with Gasteiger partial charge in [0.2, 0.25) is 5.56 Å². The van der Waals surface area contributed by atoms with Crippen LogP contribution < -0.4 is 5.56 Å². The summed E-state index contributed by atoms with van der Waals surface area (Å²) >= 11 is 0. The van der Waals surface area contributed by atoms with Crippen LogP contribution in [0, 0.1) is 0 Å². The van der Waals surface area contributed by atoms with Crippen molar-refractivity contribution in [2.24, 2.45) is 0 Å². The zero-order chi connectivity index (χ0) is 14.4. The summed E-state index contributed by atoms with van der Waals surface area (Å²) in [5, 5.41) is 0. The van der Waals surface area contributed by atoms with E-state index in [0.29, 0.717) is 18.9 Å². The van der Waals surface area contributed by atoms with E-state index in [1.807, 2.05) is 19.2 Å². The summed E-state index contributed by atoms with van der Waals surface area (Å²) in [6, 6.07) is 3.50. The minimum Gasteiger partial charge on any atom is -0.466 e. The second-order valence-electron chi connectivity index (χ2n) is 5.16. The Labute approximate surface area is 118 Å². The van der Waals surface area contributed by atoms with Crippen molar-refractivity contribution >= 4 is 5.97 Å². The van der Waals surface area contributed by atoms with Gasteiger partial charge >= 0.3 is 5.97 Å². The number of rotatable bonds is 5. The molecule has 1 aromatic heterocycles. The van der Waals surface area contributed by atoms with Gasteiger partial charge in [0.05, 0.1) is 13.0 Å². The Morgan fingerprint density at radius 2 is 2.15 bits per heavy atom. The van der Waals surface area contributed by atoms with Crippen LogP contribution in [0.25, 0.3) is 0 Å². The molecule has 5 heteroatoms. The Hall–Kier alpha value is -1.62. The highest BCUT2D eigenvalue weighted by Gasteiger charge is 2.21. The number of hydrogen-bond acceptors (Lipinski definition) is 4. The quantitative estimate of drug-likeness (QED) is 0.829. The van der Waals surface area contributed by atoms with Gasteiger partial charge in [-0.15, -0.1) is 0 Å². The average molecular weight is 278 g/mol. The van der Waals surface area contributed by atoms with Crippen LogP contribution in [-0.2, 0) is 9.53 Å². The van der Waals surface area contributed by atoms with Crippen LogP contribution in [0.5, 0.6) is 0 Å². The van der Waals surface area contributed by atoms with Gasteiger partial charge in [-0.1, -0.05) is 6.07 Å². The summed E-state index contributed by atoms with van der Waals surface area (Å²) in [7, 11) is 0. The fourth-order valence-electron chi connectivity index (χ4n) is 2.65. The normalized spacial score (nSPS) is 17.1. The molecule has 0 atom stereocenters. The molecular weight excluding hydrogens is 256 g/mol. The molecule has 1 aliphatic heterocycles. The van der Waals surface area contributed by atoms with Crippen molar-refractivity contribution in [3.8, 4) is 0 Å². The third-order valence-electron chi connectivity index (χ3n) is 3.80. The highest BCUT2D eigenvalue weighted by molar-refractivity contribution is 5.69. The predicted molar refractivity (Wildman–Crippen MR) is 76.7 cm³/mol. The summed E-state index contributed by atoms with van der Waals surface area (Å²) in [5.41, 5.74) is 1.15. The van der Waals surface area contributed by atoms with Crippen molar-refractivity contribution in [3.05, 3.63) is 34.2 Å². The van der Waals surface area contributed by atoms with E-state index in [1.54, 1.807) is 6.07 Å². The highest BCUT2D eigenvalue weighted by atomic mass is 16.5. The fraction of sp³-hybridized carbons (Fsp3) is 0.600. The number of piperidine rings is 1. The Morgan fingerprint density at radius 3 is 2.75 bits per heavy atom. The summed E-state index contributed by atoms with van der Waals surface area (Å²) in [4.78, 5) is 27.4. The van der Waals surface area contributed by atoms with Gasteiger partial charge < -0.3 is 14.6 Å². The Bertz CT molecular complexity index is 470. The van der Waals surface area contributed by atoms with Crippen LogP contribution >= 0.6 is 0 Å². The lowest BCUT2D eigenvalue weighted by Gasteiger charge is -2.31. The van der Waals surface area contributed by atoms with Gasteiger partial charge in [0.15, 0.2) is 0 Å². The summed E-state index contributed by atoms with van der Waals surface area (Å²) in [6.07, 6.45) is 4.42. The molecule has 1 N–H and O–H groups in total. The SMILES string of the molecule is CCOC(=O)CCN1CCC(c2ccc(=O)[nH]c2)CC1. The zero-order valence-electron chi connectivity index (χ0n) is 11.9. The fourth-order valence-corrected chi connectivity index (χ4v) is 2.65. The third-order valence-corrected chi connectivity index (χ3v) is 3.80. The van der Waals surface area contributed by atoms with Crippen molar-refractivity contribution in [1.29, 1.82) is 0 Å². The molecular formula is C15H22N2O3. The molecule has 0 radical (unpaired) electrons. The van der Waals surface area contributed by atoms with Gasteiger partial charge in [-0.3, -0.25) is 9.59 Å². The molecule has 1 aliphatic rings. The van der Waals surface area contributed by atoms with Gasteiger partial charge in [-0.2, -0.15) is 0 Å². The molecule has 110 valence electrons. The van der Waals surface area contributed by atoms with E-state index in [1.165, 1.54) is 5.56 Å². The lowest BCUT2D eigenvalue weighted by molar-refractivity contribution is -0.143. The maximum absolute atomic E-state index is 11.3. The van der Waals surface area contributed by atoms with Gasteiger partial charge in [0.1, 0.15) is 0 Å². The lowest BCUT2D eigenvalue weighted by atomic mass is 9.90. The standard InChI is InChI=1S/C15H22N2O3/c1-2-20-15(19)7-10-17-8-5-12(6-9-17)13-3-4-14(18)16-11-13/h3-4,11-12H,2,5-10H2,1H3,(H,16,18). The number of nitrogens with one attached hydrogen (secondary N) is 1. The zero-order valence-corrected chi connectivity index (χ0v) is 11.9. The summed E-state index contributed by atoms with van der Waals surface area (Å²) in [5.74, 6) is 0.390. The minimum absolute atomic E-state index is 0.0550. The maximum atomic E-state index is 11.3. The van der Waals surface area contributed by atoms with E-state index < -0.39 is 0 Å². The predicted octanol–water partition coefficient (Wildman–Crippen LogP) is 1.51. The average Bonchev–Trinajstić information content (AvgIpc) is 2.47. The smallest absolute Gasteiger partial charge is 0.307 e. The molecule has 0 saturated carbocycles. The van der Waals surface area contributed by atoms with Crippen LogP contribution in [0.15, 0.2) is 23.1 Å². The van der Waals surface area contributed by atoms with Crippen molar-refractivity contribution in [2.45, 2.75) is 32.1 Å². The first-order valence-electron chi connectivity index (χ1n) is 7.25. The topological polar surface area (TPSA) is 62.4 Å². The number of esters is 1. The Balaban J connectivity index is 1.76. The molecule has 5 nitrogen and oxygen atoms in total. The lowest BCUT2D eigenvalue weighted by Crippen LogP contribution is -2.34. The molecule has 2 rings (SSSR count). The van der Waals surface area contributed by atoms with Crippen molar-refractivity contribution < 1.29 is 9.53 Å². The monoisotopic (exact) mass is 278 g/mol. The maximum Gasteiger partial charge on any atom is 0.307 e. The van der Waals surface area contributed by atoms with Crippen LogP contribution in [0.1, 0.15) is 37.7 Å². The van der Waals surface area contributed by atoms with E-state index >= 15 is 0 Å². The van der Waals surface area contributed by atoms with Gasteiger partial charge in [-0.25, -0.2) is 0 Å². The second-order valence-corrected chi connectivity index (χ2v) is 5.16. The molecule has 1 saturated heterocycles. The first-order chi connectivity index (χ1) is 9.69. The molecule has 0 amide bonds. The number of ether oxygens (including phenoxy) is 1. The second kappa shape index (κ2) is 7.24. The Kier molecular flexibility index (Phi) is 5.35. The minimum atomic E-state index is -0.116. The molecule has 0 aromatic carbocycles. The van der Waals surface area contributed by atoms with Crippen molar-refractivity contribution in [3.63, 3.8) is 0 Å². The van der Waals surface area contributed by atoms with Gasteiger partial charge in [0.25, 0.3) is 0 Å². The first kappa shape index (κ1) is 14.8. The van der Waals surface area contributed by atoms with Crippen LogP contribution in [0.4, 0.5) is 0 Å². The molecule has 0 aliphatic carbocycles. The number of carbonyl (C=O) groups excluding carboxylic acids is 1. The number of nitrogens with zero attached hydrogens (tertiary/aromatic N) is 1. The van der Waals surface area contributed by atoms with E-state index in [4.69, 9.17) is 4.74 Å². The van der Waals surface area contributed by atoms with E-state index in [9.17, 15) is 9.59 Å². The number of carbonyl (C=O) groups is 1. The van der Waals surface area contributed by atoms with Crippen LogP contribution in [0.3, 0.4) is 0 Å². The van der Waals surface area contributed by atoms with Gasteiger partial charge in [-0.05, 0) is 44.3 Å². The van der Waals surface area contributed by atoms with Crippen LogP contribution in [0.2, 0.25) is 0 Å². The summed E-state index contributed by atoms with van der Waals surface area (Å²) < 4.78 is 4.94. The number of aromatic amines is 1. The summed E-state index contributed by atoms with van der Waals surface area (Å²) in [6.45, 7) is 5.03. The number of likely N-dealkylation sites (tertiary alicyclic amines) is 1. The molecule has 0 bridgehead atoms. The molecule has 1 aromatic rings. The highest BCUT2D eigenvalue weighted by Crippen LogP contribution is 2.26. The van der Waals surface area contributed by atoms with Crippen molar-refractivity contribution in [1.82, 2.24) is 9.88 Å². The van der Waals surface area contributed by atoms with Gasteiger partial charge in [0, 0.05) is 18.8 Å². The number of hydrogen-bond donors (Lipinski definition) is 1. The van der Waals surface area contributed by atoms with E-state index in [2.05, 4.69) is 9.88 Å². The number of aromatic nitrogens is 1. The number of pyridine rings is 1. The Morgan fingerprint density at radius 1 is 1.40 bits per heavy atom. The van der Waals surface area contributed by atoms with Crippen molar-refractivity contribution in [2.75, 3.05) is 26.2 Å². The molecule has 0 unspecified atom stereocenters. The molecule has 2 heterocycles. The first-order valence-corrected chi connectivity index (χ1v) is 7.25. The molecule has 0 spiro atoms. The largest absolute Gasteiger partial charge is 0.466 e. The van der Waals surface area contributed by atoms with E-state index in [-0.39, 0.29) is 11.5 Å². The molecule has 1 fully saturated rings. The number of H-pyrrole nitrogens is 1. The van der Waals surface area contributed by atoms with E-state index in [0.717, 1.165) is 32.5 Å². The third kappa shape index (κ3) is 4.20. The molecule has 20 heavy (non-hydrogen) atoms. The van der Waals surface area contributed by atoms with Crippen LogP contribution in [-0.4, -0.2) is 42.1 Å².